The Morgan fingerprint density at radius 1 is 1.45 bits per heavy atom. The summed E-state index contributed by atoms with van der Waals surface area (Å²) in [5.41, 5.74) is -0.163. The van der Waals surface area contributed by atoms with Crippen LogP contribution in [0.1, 0.15) is 57.9 Å². The largest absolute Gasteiger partial charge is 0.383 e. The zero-order valence-electron chi connectivity index (χ0n) is 13.3. The molecule has 0 saturated heterocycles. The van der Waals surface area contributed by atoms with Crippen LogP contribution in [-0.4, -0.2) is 39.2 Å². The standard InChI is InChI=1S/C16H29N3O/c1-5-11-19-12-10-17-15(19)14(20)16(18(3)4)8-6-13(2)7-9-16/h10,12-14,20H,5-9,11H2,1-4H3. The van der Waals surface area contributed by atoms with Crippen LogP contribution in [0.5, 0.6) is 0 Å². The maximum Gasteiger partial charge on any atom is 0.139 e. The monoisotopic (exact) mass is 279 g/mol. The van der Waals surface area contributed by atoms with Gasteiger partial charge in [-0.05, 0) is 52.1 Å². The molecule has 1 unspecified atom stereocenters. The van der Waals surface area contributed by atoms with Gasteiger partial charge in [-0.2, -0.15) is 0 Å². The number of rotatable bonds is 5. The van der Waals surface area contributed by atoms with Crippen LogP contribution in [0.2, 0.25) is 0 Å². The van der Waals surface area contributed by atoms with Crippen molar-refractivity contribution in [2.75, 3.05) is 14.1 Å². The summed E-state index contributed by atoms with van der Waals surface area (Å²) in [6.07, 6.45) is 8.80. The van der Waals surface area contributed by atoms with Gasteiger partial charge in [0.25, 0.3) is 0 Å². The van der Waals surface area contributed by atoms with Crippen molar-refractivity contribution < 1.29 is 5.11 Å². The number of hydrogen-bond acceptors (Lipinski definition) is 3. The van der Waals surface area contributed by atoms with E-state index < -0.39 is 6.10 Å². The summed E-state index contributed by atoms with van der Waals surface area (Å²) in [6.45, 7) is 5.39. The average molecular weight is 279 g/mol. The molecule has 1 atom stereocenters. The molecule has 4 heteroatoms. The van der Waals surface area contributed by atoms with Gasteiger partial charge in [-0.3, -0.25) is 0 Å². The first-order chi connectivity index (χ1) is 9.51. The van der Waals surface area contributed by atoms with E-state index in [-0.39, 0.29) is 5.54 Å². The lowest BCUT2D eigenvalue weighted by Gasteiger charge is -2.47. The molecule has 20 heavy (non-hydrogen) atoms. The van der Waals surface area contributed by atoms with Gasteiger partial charge in [-0.15, -0.1) is 0 Å². The highest BCUT2D eigenvalue weighted by Gasteiger charge is 2.44. The first kappa shape index (κ1) is 15.5. The number of aromatic nitrogens is 2. The highest BCUT2D eigenvalue weighted by molar-refractivity contribution is 5.09. The molecule has 1 N–H and O–H groups in total. The van der Waals surface area contributed by atoms with Crippen molar-refractivity contribution in [1.82, 2.24) is 14.5 Å². The van der Waals surface area contributed by atoms with E-state index in [1.165, 1.54) is 12.8 Å². The van der Waals surface area contributed by atoms with E-state index in [0.717, 1.165) is 37.5 Å². The van der Waals surface area contributed by atoms with Crippen molar-refractivity contribution in [2.45, 2.75) is 64.1 Å². The number of aliphatic hydroxyl groups excluding tert-OH is 1. The van der Waals surface area contributed by atoms with Crippen LogP contribution in [-0.2, 0) is 6.54 Å². The van der Waals surface area contributed by atoms with Gasteiger partial charge in [0, 0.05) is 18.9 Å². The minimum Gasteiger partial charge on any atom is -0.383 e. The first-order valence-electron chi connectivity index (χ1n) is 7.87. The molecule has 0 aliphatic heterocycles. The van der Waals surface area contributed by atoms with Crippen molar-refractivity contribution in [1.29, 1.82) is 0 Å². The van der Waals surface area contributed by atoms with Crippen LogP contribution >= 0.6 is 0 Å². The normalized spacial score (nSPS) is 28.8. The first-order valence-corrected chi connectivity index (χ1v) is 7.87. The molecule has 1 heterocycles. The Labute approximate surface area is 122 Å². The highest BCUT2D eigenvalue weighted by Crippen LogP contribution is 2.43. The van der Waals surface area contributed by atoms with Crippen molar-refractivity contribution >= 4 is 0 Å². The molecule has 0 amide bonds. The minimum absolute atomic E-state index is 0.163. The third-order valence-corrected chi connectivity index (χ3v) is 5.00. The van der Waals surface area contributed by atoms with Crippen LogP contribution < -0.4 is 0 Å². The molecule has 0 aromatic carbocycles. The molecule has 0 spiro atoms. The maximum atomic E-state index is 11.0. The number of aryl methyl sites for hydroxylation is 1. The summed E-state index contributed by atoms with van der Waals surface area (Å²) < 4.78 is 2.11. The van der Waals surface area contributed by atoms with Crippen molar-refractivity contribution in [2.24, 2.45) is 5.92 Å². The molecule has 0 radical (unpaired) electrons. The summed E-state index contributed by atoms with van der Waals surface area (Å²) in [4.78, 5) is 6.66. The number of likely N-dealkylation sites (N-methyl/N-ethyl adjacent to an activating group) is 1. The second-order valence-corrected chi connectivity index (χ2v) is 6.56. The van der Waals surface area contributed by atoms with Gasteiger partial charge in [-0.25, -0.2) is 4.98 Å². The Hall–Kier alpha value is -0.870. The summed E-state index contributed by atoms with van der Waals surface area (Å²) in [5.74, 6) is 1.60. The van der Waals surface area contributed by atoms with Crippen molar-refractivity contribution in [3.05, 3.63) is 18.2 Å². The van der Waals surface area contributed by atoms with E-state index in [4.69, 9.17) is 0 Å². The highest BCUT2D eigenvalue weighted by atomic mass is 16.3. The lowest BCUT2D eigenvalue weighted by molar-refractivity contribution is -0.0466. The molecule has 4 nitrogen and oxygen atoms in total. The Bertz CT molecular complexity index is 419. The van der Waals surface area contributed by atoms with Gasteiger partial charge in [0.05, 0.1) is 5.54 Å². The lowest BCUT2D eigenvalue weighted by atomic mass is 9.73. The SMILES string of the molecule is CCCn1ccnc1C(O)C1(N(C)C)CCC(C)CC1. The van der Waals surface area contributed by atoms with Gasteiger partial charge >= 0.3 is 0 Å². The molecule has 1 aromatic rings. The molecule has 1 aliphatic carbocycles. The Morgan fingerprint density at radius 2 is 2.10 bits per heavy atom. The number of imidazole rings is 1. The number of nitrogens with zero attached hydrogens (tertiary/aromatic N) is 3. The van der Waals surface area contributed by atoms with E-state index >= 15 is 0 Å². The third kappa shape index (κ3) is 2.77. The summed E-state index contributed by atoms with van der Waals surface area (Å²) >= 11 is 0. The zero-order valence-corrected chi connectivity index (χ0v) is 13.3. The zero-order chi connectivity index (χ0) is 14.8. The molecule has 1 aliphatic rings. The fraction of sp³-hybridized carbons (Fsp3) is 0.812. The molecular formula is C16H29N3O. The van der Waals surface area contributed by atoms with E-state index in [9.17, 15) is 5.11 Å². The van der Waals surface area contributed by atoms with Crippen LogP contribution in [0.4, 0.5) is 0 Å². The van der Waals surface area contributed by atoms with Gasteiger partial charge in [-0.1, -0.05) is 13.8 Å². The molecular weight excluding hydrogens is 250 g/mol. The van der Waals surface area contributed by atoms with Gasteiger partial charge in [0.15, 0.2) is 0 Å². The molecule has 2 rings (SSSR count). The van der Waals surface area contributed by atoms with Crippen LogP contribution in [0.3, 0.4) is 0 Å². The molecule has 1 aromatic heterocycles. The van der Waals surface area contributed by atoms with E-state index in [1.54, 1.807) is 0 Å². The summed E-state index contributed by atoms with van der Waals surface area (Å²) in [5, 5.41) is 11.0. The maximum absolute atomic E-state index is 11.0. The van der Waals surface area contributed by atoms with Crippen LogP contribution in [0, 0.1) is 5.92 Å². The predicted molar refractivity (Wildman–Crippen MR) is 81.5 cm³/mol. The Kier molecular flexibility index (Phi) is 4.86. The third-order valence-electron chi connectivity index (χ3n) is 5.00. The fourth-order valence-corrected chi connectivity index (χ4v) is 3.47. The summed E-state index contributed by atoms with van der Waals surface area (Å²) in [7, 11) is 4.18. The minimum atomic E-state index is -0.508. The van der Waals surface area contributed by atoms with Crippen LogP contribution in [0.25, 0.3) is 0 Å². The quantitative estimate of drug-likeness (QED) is 0.901. The fourth-order valence-electron chi connectivity index (χ4n) is 3.47. The van der Waals surface area contributed by atoms with E-state index in [2.05, 4.69) is 42.4 Å². The Morgan fingerprint density at radius 3 is 2.65 bits per heavy atom. The van der Waals surface area contributed by atoms with Gasteiger partial charge < -0.3 is 14.6 Å². The second kappa shape index (κ2) is 6.27. The van der Waals surface area contributed by atoms with Gasteiger partial charge in [0.1, 0.15) is 11.9 Å². The predicted octanol–water partition coefficient (Wildman–Crippen LogP) is 2.84. The molecule has 1 saturated carbocycles. The lowest BCUT2D eigenvalue weighted by Crippen LogP contribution is -2.52. The number of aliphatic hydroxyl groups is 1. The number of hydrogen-bond donors (Lipinski definition) is 1. The molecule has 1 fully saturated rings. The van der Waals surface area contributed by atoms with Crippen molar-refractivity contribution in [3.63, 3.8) is 0 Å². The average Bonchev–Trinajstić information content (AvgIpc) is 2.87. The van der Waals surface area contributed by atoms with E-state index in [1.807, 2.05) is 12.4 Å². The van der Waals surface area contributed by atoms with E-state index in [0.29, 0.717) is 0 Å². The Balaban J connectivity index is 2.27. The molecule has 0 bridgehead atoms. The van der Waals surface area contributed by atoms with Crippen LogP contribution in [0.15, 0.2) is 12.4 Å². The second-order valence-electron chi connectivity index (χ2n) is 6.56. The smallest absolute Gasteiger partial charge is 0.139 e. The molecule has 114 valence electrons. The van der Waals surface area contributed by atoms with Crippen molar-refractivity contribution in [3.8, 4) is 0 Å². The topological polar surface area (TPSA) is 41.3 Å². The summed E-state index contributed by atoms with van der Waals surface area (Å²) in [6, 6.07) is 0. The van der Waals surface area contributed by atoms with Gasteiger partial charge in [0.2, 0.25) is 0 Å².